The number of nitrogens with one attached hydrogen (secondary N) is 2. The Hall–Kier alpha value is -1.04. The van der Waals surface area contributed by atoms with Crippen LogP contribution in [0.3, 0.4) is 0 Å². The molecule has 1 aliphatic rings. The van der Waals surface area contributed by atoms with E-state index >= 15 is 0 Å². The summed E-state index contributed by atoms with van der Waals surface area (Å²) in [4.78, 5) is 0. The lowest BCUT2D eigenvalue weighted by molar-refractivity contribution is 0.502. The molecule has 0 spiro atoms. The Balaban J connectivity index is 2.31. The van der Waals surface area contributed by atoms with Gasteiger partial charge < -0.3 is 5.73 Å². The zero-order valence-corrected chi connectivity index (χ0v) is 7.43. The van der Waals surface area contributed by atoms with Crippen LogP contribution in [0.1, 0.15) is 11.6 Å². The number of rotatable bonds is 1. The molecule has 0 bridgehead atoms. The van der Waals surface area contributed by atoms with Gasteiger partial charge in [-0.3, -0.25) is 5.43 Å². The van der Waals surface area contributed by atoms with E-state index in [0.29, 0.717) is 12.1 Å². The van der Waals surface area contributed by atoms with Gasteiger partial charge in [-0.05, 0) is 6.07 Å². The summed E-state index contributed by atoms with van der Waals surface area (Å²) in [5, 5.41) is 0. The number of halogens is 2. The molecular formula is C9H11F2N3. The molecule has 1 saturated heterocycles. The van der Waals surface area contributed by atoms with Crippen molar-refractivity contribution in [2.24, 2.45) is 5.73 Å². The van der Waals surface area contributed by atoms with E-state index in [4.69, 9.17) is 5.73 Å². The summed E-state index contributed by atoms with van der Waals surface area (Å²) in [5.41, 5.74) is 11.8. The standard InChI is InChI=1S/C9H11F2N3/c10-5-1-2-6(7(11)3-5)9-8(12)4-13-14-9/h1-3,8-9,13-14H,4,12H2. The summed E-state index contributed by atoms with van der Waals surface area (Å²) >= 11 is 0. The Kier molecular flexibility index (Phi) is 2.45. The lowest BCUT2D eigenvalue weighted by atomic mass is 10.0. The molecule has 14 heavy (non-hydrogen) atoms. The van der Waals surface area contributed by atoms with Crippen molar-refractivity contribution in [2.45, 2.75) is 12.1 Å². The second kappa shape index (κ2) is 3.61. The fraction of sp³-hybridized carbons (Fsp3) is 0.333. The monoisotopic (exact) mass is 199 g/mol. The van der Waals surface area contributed by atoms with E-state index in [1.54, 1.807) is 0 Å². The van der Waals surface area contributed by atoms with Crippen LogP contribution in [0.5, 0.6) is 0 Å². The SMILES string of the molecule is NC1CNNC1c1ccc(F)cc1F. The van der Waals surface area contributed by atoms with Crippen LogP contribution in [0.15, 0.2) is 18.2 Å². The van der Waals surface area contributed by atoms with Crippen LogP contribution >= 0.6 is 0 Å². The molecule has 1 heterocycles. The molecular weight excluding hydrogens is 188 g/mol. The minimum absolute atomic E-state index is 0.199. The first-order valence-corrected chi connectivity index (χ1v) is 4.37. The number of benzene rings is 1. The maximum atomic E-state index is 13.3. The second-order valence-corrected chi connectivity index (χ2v) is 3.33. The maximum absolute atomic E-state index is 13.3. The van der Waals surface area contributed by atoms with Gasteiger partial charge in [-0.15, -0.1) is 0 Å². The van der Waals surface area contributed by atoms with E-state index in [9.17, 15) is 8.78 Å². The van der Waals surface area contributed by atoms with E-state index < -0.39 is 11.6 Å². The van der Waals surface area contributed by atoms with Crippen LogP contribution in [0.2, 0.25) is 0 Å². The summed E-state index contributed by atoms with van der Waals surface area (Å²) in [6, 6.07) is 3.01. The molecule has 0 aromatic heterocycles. The molecule has 0 amide bonds. The summed E-state index contributed by atoms with van der Waals surface area (Å²) in [6.45, 7) is 0.571. The normalized spacial score (nSPS) is 26.8. The highest BCUT2D eigenvalue weighted by Gasteiger charge is 2.27. The minimum atomic E-state index is -0.578. The molecule has 3 nitrogen and oxygen atoms in total. The molecule has 1 aromatic rings. The van der Waals surface area contributed by atoms with Gasteiger partial charge in [0.15, 0.2) is 0 Å². The predicted molar refractivity (Wildman–Crippen MR) is 48.2 cm³/mol. The van der Waals surface area contributed by atoms with Gasteiger partial charge in [0.2, 0.25) is 0 Å². The molecule has 2 atom stereocenters. The van der Waals surface area contributed by atoms with Crippen LogP contribution in [0, 0.1) is 11.6 Å². The zero-order chi connectivity index (χ0) is 10.1. The largest absolute Gasteiger partial charge is 0.325 e. The van der Waals surface area contributed by atoms with Crippen molar-refractivity contribution in [3.05, 3.63) is 35.4 Å². The van der Waals surface area contributed by atoms with E-state index in [1.165, 1.54) is 12.1 Å². The third kappa shape index (κ3) is 1.61. The van der Waals surface area contributed by atoms with Crippen LogP contribution in [0.4, 0.5) is 8.78 Å². The fourth-order valence-corrected chi connectivity index (χ4v) is 1.57. The second-order valence-electron chi connectivity index (χ2n) is 3.33. The third-order valence-corrected chi connectivity index (χ3v) is 2.32. The van der Waals surface area contributed by atoms with Crippen LogP contribution in [-0.4, -0.2) is 12.6 Å². The summed E-state index contributed by atoms with van der Waals surface area (Å²) in [7, 11) is 0. The van der Waals surface area contributed by atoms with Crippen molar-refractivity contribution in [3.8, 4) is 0 Å². The highest BCUT2D eigenvalue weighted by molar-refractivity contribution is 5.24. The lowest BCUT2D eigenvalue weighted by Crippen LogP contribution is -2.30. The Morgan fingerprint density at radius 2 is 2.14 bits per heavy atom. The maximum Gasteiger partial charge on any atom is 0.131 e. The quantitative estimate of drug-likeness (QED) is 0.615. The average Bonchev–Trinajstić information content (AvgIpc) is 2.52. The third-order valence-electron chi connectivity index (χ3n) is 2.32. The van der Waals surface area contributed by atoms with Crippen molar-refractivity contribution < 1.29 is 8.78 Å². The Morgan fingerprint density at radius 3 is 2.71 bits per heavy atom. The smallest absolute Gasteiger partial charge is 0.131 e. The van der Waals surface area contributed by atoms with E-state index in [1.807, 2.05) is 0 Å². The topological polar surface area (TPSA) is 50.1 Å². The average molecular weight is 199 g/mol. The first-order valence-electron chi connectivity index (χ1n) is 4.37. The molecule has 1 aromatic carbocycles. The molecule has 0 saturated carbocycles. The van der Waals surface area contributed by atoms with E-state index in [0.717, 1.165) is 6.07 Å². The molecule has 4 N–H and O–H groups in total. The molecule has 0 radical (unpaired) electrons. The lowest BCUT2D eigenvalue weighted by Gasteiger charge is -2.15. The zero-order valence-electron chi connectivity index (χ0n) is 7.43. The fourth-order valence-electron chi connectivity index (χ4n) is 1.57. The molecule has 5 heteroatoms. The van der Waals surface area contributed by atoms with Gasteiger partial charge in [0, 0.05) is 24.2 Å². The van der Waals surface area contributed by atoms with Crippen LogP contribution < -0.4 is 16.6 Å². The van der Waals surface area contributed by atoms with Crippen molar-refractivity contribution in [1.29, 1.82) is 0 Å². The van der Waals surface area contributed by atoms with Gasteiger partial charge in [0.1, 0.15) is 11.6 Å². The first kappa shape index (κ1) is 9.51. The van der Waals surface area contributed by atoms with Crippen LogP contribution in [0.25, 0.3) is 0 Å². The first-order chi connectivity index (χ1) is 6.68. The van der Waals surface area contributed by atoms with Gasteiger partial charge in [0.25, 0.3) is 0 Å². The number of nitrogens with two attached hydrogens (primary N) is 1. The van der Waals surface area contributed by atoms with E-state index in [-0.39, 0.29) is 12.1 Å². The highest BCUT2D eigenvalue weighted by Crippen LogP contribution is 2.21. The number of hydrogen-bond acceptors (Lipinski definition) is 3. The van der Waals surface area contributed by atoms with Gasteiger partial charge >= 0.3 is 0 Å². The Bertz CT molecular complexity index is 343. The molecule has 2 unspecified atom stereocenters. The Morgan fingerprint density at radius 1 is 1.36 bits per heavy atom. The summed E-state index contributed by atoms with van der Waals surface area (Å²) < 4.78 is 25.9. The van der Waals surface area contributed by atoms with Gasteiger partial charge in [0.05, 0.1) is 6.04 Å². The van der Waals surface area contributed by atoms with Crippen molar-refractivity contribution in [3.63, 3.8) is 0 Å². The molecule has 2 rings (SSSR count). The summed E-state index contributed by atoms with van der Waals surface area (Å²) in [6.07, 6.45) is 0. The number of hydrogen-bond donors (Lipinski definition) is 3. The van der Waals surface area contributed by atoms with Crippen molar-refractivity contribution >= 4 is 0 Å². The van der Waals surface area contributed by atoms with Crippen molar-refractivity contribution in [2.75, 3.05) is 6.54 Å². The van der Waals surface area contributed by atoms with Gasteiger partial charge in [-0.2, -0.15) is 0 Å². The minimum Gasteiger partial charge on any atom is -0.325 e. The van der Waals surface area contributed by atoms with E-state index in [2.05, 4.69) is 10.9 Å². The summed E-state index contributed by atoms with van der Waals surface area (Å²) in [5.74, 6) is -1.15. The molecule has 1 fully saturated rings. The number of hydrazine groups is 1. The van der Waals surface area contributed by atoms with Crippen LogP contribution in [-0.2, 0) is 0 Å². The van der Waals surface area contributed by atoms with Crippen molar-refractivity contribution in [1.82, 2.24) is 10.9 Å². The molecule has 1 aliphatic heterocycles. The van der Waals surface area contributed by atoms with Gasteiger partial charge in [-0.25, -0.2) is 14.2 Å². The Labute approximate surface area is 80.3 Å². The molecule has 76 valence electrons. The predicted octanol–water partition coefficient (Wildman–Crippen LogP) is 0.441. The molecule has 0 aliphatic carbocycles. The highest BCUT2D eigenvalue weighted by atomic mass is 19.1. The van der Waals surface area contributed by atoms with Gasteiger partial charge in [-0.1, -0.05) is 6.07 Å².